The van der Waals surface area contributed by atoms with Crippen molar-refractivity contribution < 1.29 is 14.1 Å². The molecule has 2 heterocycles. The number of hydrogen-bond acceptors (Lipinski definition) is 7. The molecule has 0 saturated carbocycles. The van der Waals surface area contributed by atoms with Crippen molar-refractivity contribution in [3.8, 4) is 0 Å². The van der Waals surface area contributed by atoms with Gasteiger partial charge >= 0.3 is 5.97 Å². The minimum atomic E-state index is -0.380. The van der Waals surface area contributed by atoms with Gasteiger partial charge in [-0.25, -0.2) is 4.79 Å². The summed E-state index contributed by atoms with van der Waals surface area (Å²) in [6.45, 7) is 3.95. The smallest absolute Gasteiger partial charge is 0.338 e. The number of nitrogens with zero attached hydrogens (tertiary/aromatic N) is 2. The molecule has 5 nitrogen and oxygen atoms in total. The number of carbonyl (C=O) groups is 1. The van der Waals surface area contributed by atoms with E-state index in [2.05, 4.69) is 10.1 Å². The Labute approximate surface area is 149 Å². The van der Waals surface area contributed by atoms with Crippen LogP contribution in [0.1, 0.15) is 58.4 Å². The lowest BCUT2D eigenvalue weighted by molar-refractivity contribution is 0.0430. The maximum atomic E-state index is 12.1. The molecule has 0 amide bonds. The normalized spacial score (nSPS) is 15.6. The average Bonchev–Trinajstić information content (AvgIpc) is 3.10. The van der Waals surface area contributed by atoms with Crippen molar-refractivity contribution in [1.29, 1.82) is 0 Å². The Morgan fingerprint density at radius 1 is 1.29 bits per heavy atom. The summed E-state index contributed by atoms with van der Waals surface area (Å²) >= 11 is 3.92. The Morgan fingerprint density at radius 3 is 2.62 bits per heavy atom. The van der Waals surface area contributed by atoms with Crippen LogP contribution in [0.4, 0.5) is 0 Å². The summed E-state index contributed by atoms with van der Waals surface area (Å²) < 4.78 is 10.8. The number of carbonyl (C=O) groups excluding carboxylic acids is 1. The van der Waals surface area contributed by atoms with Crippen molar-refractivity contribution in [3.63, 3.8) is 0 Å². The van der Waals surface area contributed by atoms with E-state index in [0.29, 0.717) is 21.9 Å². The van der Waals surface area contributed by atoms with Gasteiger partial charge in [0.15, 0.2) is 12.4 Å². The Kier molecular flexibility index (Phi) is 5.84. The highest BCUT2D eigenvalue weighted by molar-refractivity contribution is 8.16. The van der Waals surface area contributed by atoms with Crippen LogP contribution in [0.5, 0.6) is 0 Å². The van der Waals surface area contributed by atoms with Crippen molar-refractivity contribution in [2.45, 2.75) is 37.4 Å². The van der Waals surface area contributed by atoms with Gasteiger partial charge in [0.2, 0.25) is 0 Å². The van der Waals surface area contributed by atoms with Crippen molar-refractivity contribution in [2.75, 3.05) is 11.5 Å². The maximum absolute atomic E-state index is 12.1. The molecule has 7 heteroatoms. The Morgan fingerprint density at radius 2 is 2.00 bits per heavy atom. The zero-order valence-electron chi connectivity index (χ0n) is 13.7. The summed E-state index contributed by atoms with van der Waals surface area (Å²) in [5, 5.41) is 3.85. The molecule has 0 N–H and O–H groups in total. The van der Waals surface area contributed by atoms with Gasteiger partial charge in [0.05, 0.1) is 10.1 Å². The maximum Gasteiger partial charge on any atom is 0.338 e. The third kappa shape index (κ3) is 4.33. The lowest BCUT2D eigenvalue weighted by atomic mass is 10.1. The second kappa shape index (κ2) is 8.07. The summed E-state index contributed by atoms with van der Waals surface area (Å²) in [6.07, 6.45) is 1.27. The highest BCUT2D eigenvalue weighted by Gasteiger charge is 2.18. The molecule has 0 atom stereocenters. The molecule has 1 fully saturated rings. The van der Waals surface area contributed by atoms with Crippen LogP contribution in [0.3, 0.4) is 0 Å². The van der Waals surface area contributed by atoms with Gasteiger partial charge in [-0.2, -0.15) is 4.98 Å². The van der Waals surface area contributed by atoms with E-state index in [-0.39, 0.29) is 18.5 Å². The van der Waals surface area contributed by atoms with E-state index in [4.69, 9.17) is 9.26 Å². The van der Waals surface area contributed by atoms with Crippen molar-refractivity contribution in [3.05, 3.63) is 47.1 Å². The van der Waals surface area contributed by atoms with Crippen LogP contribution in [-0.4, -0.2) is 27.6 Å². The van der Waals surface area contributed by atoms with Gasteiger partial charge in [-0.3, -0.25) is 0 Å². The average molecular weight is 364 g/mol. The van der Waals surface area contributed by atoms with Crippen LogP contribution in [-0.2, 0) is 11.3 Å². The van der Waals surface area contributed by atoms with E-state index in [1.165, 1.54) is 23.5 Å². The van der Waals surface area contributed by atoms with E-state index < -0.39 is 0 Å². The first kappa shape index (κ1) is 17.4. The van der Waals surface area contributed by atoms with Crippen LogP contribution in [0.2, 0.25) is 0 Å². The molecule has 128 valence electrons. The summed E-state index contributed by atoms with van der Waals surface area (Å²) in [6, 6.07) is 7.66. The first-order chi connectivity index (χ1) is 11.6. The number of ether oxygens (including phenoxy) is 1. The second-order valence-electron chi connectivity index (χ2n) is 5.83. The molecular weight excluding hydrogens is 344 g/mol. The Hall–Kier alpha value is -1.47. The van der Waals surface area contributed by atoms with Gasteiger partial charge in [0.1, 0.15) is 0 Å². The highest BCUT2D eigenvalue weighted by Crippen LogP contribution is 2.43. The number of benzene rings is 1. The number of esters is 1. The molecule has 1 aliphatic heterocycles. The fourth-order valence-corrected chi connectivity index (χ4v) is 5.12. The summed E-state index contributed by atoms with van der Waals surface area (Å²) in [4.78, 5) is 16.3. The number of rotatable bonds is 5. The molecule has 3 rings (SSSR count). The van der Waals surface area contributed by atoms with Crippen LogP contribution in [0.25, 0.3) is 0 Å². The summed E-state index contributed by atoms with van der Waals surface area (Å²) in [5.41, 5.74) is 1.79. The van der Waals surface area contributed by atoms with Crippen molar-refractivity contribution >= 4 is 29.5 Å². The minimum absolute atomic E-state index is 0.00532. The van der Waals surface area contributed by atoms with Crippen LogP contribution in [0.15, 0.2) is 28.8 Å². The molecule has 24 heavy (non-hydrogen) atoms. The van der Waals surface area contributed by atoms with E-state index in [0.717, 1.165) is 0 Å². The second-order valence-corrected chi connectivity index (χ2v) is 8.55. The van der Waals surface area contributed by atoms with E-state index in [9.17, 15) is 4.79 Å². The standard InChI is InChI=1S/C17H20N2O3S2/c1-11(2)15-18-14(22-19-15)10-21-16(20)12-4-6-13(7-5-12)17-23-8-3-9-24-17/h4-7,11,17H,3,8-10H2,1-2H3. The van der Waals surface area contributed by atoms with Crippen LogP contribution in [0, 0.1) is 0 Å². The topological polar surface area (TPSA) is 65.2 Å². The van der Waals surface area contributed by atoms with Gasteiger partial charge in [-0.05, 0) is 35.6 Å². The van der Waals surface area contributed by atoms with Crippen molar-refractivity contribution in [1.82, 2.24) is 10.1 Å². The van der Waals surface area contributed by atoms with Gasteiger partial charge in [0, 0.05) is 5.92 Å². The third-order valence-corrected chi connectivity index (χ3v) is 6.59. The predicted octanol–water partition coefficient (Wildman–Crippen LogP) is 4.42. The molecule has 0 unspecified atom stereocenters. The van der Waals surface area contributed by atoms with Gasteiger partial charge in [0.25, 0.3) is 5.89 Å². The van der Waals surface area contributed by atoms with E-state index in [1.54, 1.807) is 0 Å². The summed E-state index contributed by atoms with van der Waals surface area (Å²) in [7, 11) is 0. The van der Waals surface area contributed by atoms with Crippen LogP contribution < -0.4 is 0 Å². The lowest BCUT2D eigenvalue weighted by Gasteiger charge is -2.21. The molecule has 2 aromatic rings. The van der Waals surface area contributed by atoms with Gasteiger partial charge < -0.3 is 9.26 Å². The number of thioether (sulfide) groups is 2. The third-order valence-electron chi connectivity index (χ3n) is 3.57. The molecular formula is C17H20N2O3S2. The zero-order valence-corrected chi connectivity index (χ0v) is 15.4. The first-order valence-electron chi connectivity index (χ1n) is 7.96. The molecule has 0 aliphatic carbocycles. The summed E-state index contributed by atoms with van der Waals surface area (Å²) in [5.74, 6) is 3.14. The molecule has 1 aromatic heterocycles. The SMILES string of the molecule is CC(C)c1noc(COC(=O)c2ccc(C3SCCCS3)cc2)n1. The first-order valence-corrected chi connectivity index (χ1v) is 10.1. The number of hydrogen-bond donors (Lipinski definition) is 0. The van der Waals surface area contributed by atoms with Gasteiger partial charge in [-0.1, -0.05) is 31.1 Å². The molecule has 1 aromatic carbocycles. The molecule has 0 radical (unpaired) electrons. The monoisotopic (exact) mass is 364 g/mol. The largest absolute Gasteiger partial charge is 0.452 e. The molecule has 0 spiro atoms. The Balaban J connectivity index is 1.56. The predicted molar refractivity (Wildman–Crippen MR) is 96.2 cm³/mol. The fourth-order valence-electron chi connectivity index (χ4n) is 2.23. The van der Waals surface area contributed by atoms with Crippen molar-refractivity contribution in [2.24, 2.45) is 0 Å². The molecule has 0 bridgehead atoms. The minimum Gasteiger partial charge on any atom is -0.452 e. The quantitative estimate of drug-likeness (QED) is 0.728. The fraction of sp³-hybridized carbons (Fsp3) is 0.471. The van der Waals surface area contributed by atoms with E-state index >= 15 is 0 Å². The lowest BCUT2D eigenvalue weighted by Crippen LogP contribution is -2.06. The van der Waals surface area contributed by atoms with Crippen LogP contribution >= 0.6 is 23.5 Å². The highest BCUT2D eigenvalue weighted by atomic mass is 32.2. The number of aromatic nitrogens is 2. The Bertz CT molecular complexity index is 679. The van der Waals surface area contributed by atoms with E-state index in [1.807, 2.05) is 61.6 Å². The molecule has 1 aliphatic rings. The zero-order chi connectivity index (χ0) is 16.9. The molecule has 1 saturated heterocycles. The van der Waals surface area contributed by atoms with Gasteiger partial charge in [-0.15, -0.1) is 23.5 Å².